The summed E-state index contributed by atoms with van der Waals surface area (Å²) in [5.41, 5.74) is 1.16. The normalized spacial score (nSPS) is 10.1. The van der Waals surface area contributed by atoms with E-state index in [0.717, 1.165) is 30.0 Å². The molecule has 0 aliphatic heterocycles. The molecule has 2 rings (SSSR count). The minimum atomic E-state index is 0.718. The van der Waals surface area contributed by atoms with Crippen molar-refractivity contribution in [1.82, 2.24) is 4.98 Å². The van der Waals surface area contributed by atoms with Crippen molar-refractivity contribution in [3.63, 3.8) is 0 Å². The first-order valence-electron chi connectivity index (χ1n) is 5.57. The molecule has 0 spiro atoms. The zero-order chi connectivity index (χ0) is 11.2. The lowest BCUT2D eigenvalue weighted by Crippen LogP contribution is -1.93. The summed E-state index contributed by atoms with van der Waals surface area (Å²) in [5.74, 6) is 1.55. The minimum Gasteiger partial charge on any atom is -0.439 e. The zero-order valence-electron chi connectivity index (χ0n) is 9.39. The van der Waals surface area contributed by atoms with E-state index in [0.29, 0.717) is 0 Å². The summed E-state index contributed by atoms with van der Waals surface area (Å²) < 4.78 is 5.75. The standard InChI is InChI=1S/C14H15NO/c1-2-7-12-8-6-11-15-14(12)16-13-9-4-3-5-10-13/h3-6,8-11H,2,7H2,1H3. The van der Waals surface area contributed by atoms with Gasteiger partial charge in [0.2, 0.25) is 5.88 Å². The first kappa shape index (κ1) is 10.7. The first-order chi connectivity index (χ1) is 7.90. The van der Waals surface area contributed by atoms with Crippen LogP contribution in [0.5, 0.6) is 11.6 Å². The average Bonchev–Trinajstić information content (AvgIpc) is 2.33. The van der Waals surface area contributed by atoms with Gasteiger partial charge in [-0.05, 0) is 24.6 Å². The Hall–Kier alpha value is -1.83. The summed E-state index contributed by atoms with van der Waals surface area (Å²) in [6.45, 7) is 2.15. The summed E-state index contributed by atoms with van der Waals surface area (Å²) in [6, 6.07) is 13.8. The molecule has 2 heteroatoms. The van der Waals surface area contributed by atoms with Crippen LogP contribution in [0.3, 0.4) is 0 Å². The summed E-state index contributed by atoms with van der Waals surface area (Å²) in [5, 5.41) is 0. The number of hydrogen-bond acceptors (Lipinski definition) is 2. The molecule has 0 N–H and O–H groups in total. The second-order valence-electron chi connectivity index (χ2n) is 3.63. The third-order valence-corrected chi connectivity index (χ3v) is 2.33. The van der Waals surface area contributed by atoms with Crippen LogP contribution in [0.25, 0.3) is 0 Å². The van der Waals surface area contributed by atoms with Gasteiger partial charge in [0.1, 0.15) is 5.75 Å². The van der Waals surface area contributed by atoms with E-state index >= 15 is 0 Å². The first-order valence-corrected chi connectivity index (χ1v) is 5.57. The van der Waals surface area contributed by atoms with Crippen molar-refractivity contribution in [1.29, 1.82) is 0 Å². The van der Waals surface area contributed by atoms with Gasteiger partial charge in [-0.3, -0.25) is 0 Å². The summed E-state index contributed by atoms with van der Waals surface area (Å²) in [7, 11) is 0. The van der Waals surface area contributed by atoms with Gasteiger partial charge < -0.3 is 4.74 Å². The molecule has 2 nitrogen and oxygen atoms in total. The van der Waals surface area contributed by atoms with Crippen LogP contribution in [0, 0.1) is 0 Å². The molecule has 16 heavy (non-hydrogen) atoms. The van der Waals surface area contributed by atoms with Gasteiger partial charge in [0.15, 0.2) is 0 Å². The van der Waals surface area contributed by atoms with Crippen LogP contribution in [-0.4, -0.2) is 4.98 Å². The van der Waals surface area contributed by atoms with E-state index in [1.54, 1.807) is 6.20 Å². The van der Waals surface area contributed by atoms with Gasteiger partial charge in [-0.15, -0.1) is 0 Å². The SMILES string of the molecule is CCCc1cccnc1Oc1ccccc1. The van der Waals surface area contributed by atoms with Crippen LogP contribution in [-0.2, 0) is 6.42 Å². The van der Waals surface area contributed by atoms with Crippen LogP contribution in [0.15, 0.2) is 48.7 Å². The number of hydrogen-bond donors (Lipinski definition) is 0. The van der Waals surface area contributed by atoms with Crippen molar-refractivity contribution >= 4 is 0 Å². The minimum absolute atomic E-state index is 0.718. The van der Waals surface area contributed by atoms with Crippen molar-refractivity contribution in [2.24, 2.45) is 0 Å². The molecule has 0 unspecified atom stereocenters. The third-order valence-electron chi connectivity index (χ3n) is 2.33. The van der Waals surface area contributed by atoms with Gasteiger partial charge >= 0.3 is 0 Å². The highest BCUT2D eigenvalue weighted by Gasteiger charge is 2.04. The van der Waals surface area contributed by atoms with E-state index in [1.165, 1.54) is 0 Å². The number of rotatable bonds is 4. The molecular formula is C14H15NO. The molecule has 2 aromatic rings. The van der Waals surface area contributed by atoms with E-state index in [2.05, 4.69) is 18.0 Å². The van der Waals surface area contributed by atoms with Gasteiger partial charge in [-0.1, -0.05) is 37.6 Å². The molecule has 0 saturated heterocycles. The van der Waals surface area contributed by atoms with Crippen molar-refractivity contribution in [3.8, 4) is 11.6 Å². The van der Waals surface area contributed by atoms with Gasteiger partial charge in [-0.25, -0.2) is 4.98 Å². The van der Waals surface area contributed by atoms with E-state index < -0.39 is 0 Å². The van der Waals surface area contributed by atoms with Crippen LogP contribution in [0.4, 0.5) is 0 Å². The van der Waals surface area contributed by atoms with Crippen LogP contribution >= 0.6 is 0 Å². The Labute approximate surface area is 95.9 Å². The molecule has 1 heterocycles. The fourth-order valence-corrected chi connectivity index (χ4v) is 1.58. The quantitative estimate of drug-likeness (QED) is 0.770. The van der Waals surface area contributed by atoms with Gasteiger partial charge in [-0.2, -0.15) is 0 Å². The molecule has 1 aromatic carbocycles. The molecule has 0 saturated carbocycles. The Kier molecular flexibility index (Phi) is 3.54. The molecule has 0 fully saturated rings. The van der Waals surface area contributed by atoms with E-state index in [9.17, 15) is 0 Å². The van der Waals surface area contributed by atoms with Gasteiger partial charge in [0.05, 0.1) is 0 Å². The highest BCUT2D eigenvalue weighted by Crippen LogP contribution is 2.23. The molecule has 0 aliphatic rings. The molecule has 1 aromatic heterocycles. The Balaban J connectivity index is 2.21. The zero-order valence-corrected chi connectivity index (χ0v) is 9.39. The van der Waals surface area contributed by atoms with Crippen molar-refractivity contribution in [3.05, 3.63) is 54.2 Å². The fraction of sp³-hybridized carbons (Fsp3) is 0.214. The lowest BCUT2D eigenvalue weighted by molar-refractivity contribution is 0.455. The maximum absolute atomic E-state index is 5.75. The van der Waals surface area contributed by atoms with Gasteiger partial charge in [0, 0.05) is 11.8 Å². The largest absolute Gasteiger partial charge is 0.439 e. The molecule has 0 atom stereocenters. The van der Waals surface area contributed by atoms with Crippen LogP contribution in [0.1, 0.15) is 18.9 Å². The number of aromatic nitrogens is 1. The summed E-state index contributed by atoms with van der Waals surface area (Å²) in [4.78, 5) is 4.27. The number of aryl methyl sites for hydroxylation is 1. The highest BCUT2D eigenvalue weighted by atomic mass is 16.5. The maximum atomic E-state index is 5.75. The average molecular weight is 213 g/mol. The molecule has 0 radical (unpaired) electrons. The molecular weight excluding hydrogens is 198 g/mol. The smallest absolute Gasteiger partial charge is 0.222 e. The second kappa shape index (κ2) is 5.31. The molecule has 0 amide bonds. The maximum Gasteiger partial charge on any atom is 0.222 e. The number of benzene rings is 1. The second-order valence-corrected chi connectivity index (χ2v) is 3.63. The Morgan fingerprint density at radius 2 is 1.88 bits per heavy atom. The predicted octanol–water partition coefficient (Wildman–Crippen LogP) is 3.83. The topological polar surface area (TPSA) is 22.1 Å². The summed E-state index contributed by atoms with van der Waals surface area (Å²) in [6.07, 6.45) is 3.85. The van der Waals surface area contributed by atoms with Crippen molar-refractivity contribution in [2.75, 3.05) is 0 Å². The number of ether oxygens (including phenoxy) is 1. The number of nitrogens with zero attached hydrogens (tertiary/aromatic N) is 1. The number of para-hydroxylation sites is 1. The predicted molar refractivity (Wildman–Crippen MR) is 64.7 cm³/mol. The van der Waals surface area contributed by atoms with Crippen LogP contribution in [0.2, 0.25) is 0 Å². The van der Waals surface area contributed by atoms with E-state index in [-0.39, 0.29) is 0 Å². The highest BCUT2D eigenvalue weighted by molar-refractivity contribution is 5.32. The van der Waals surface area contributed by atoms with Crippen LogP contribution < -0.4 is 4.74 Å². The van der Waals surface area contributed by atoms with E-state index in [4.69, 9.17) is 4.74 Å². The fourth-order valence-electron chi connectivity index (χ4n) is 1.58. The molecule has 82 valence electrons. The van der Waals surface area contributed by atoms with Crippen molar-refractivity contribution in [2.45, 2.75) is 19.8 Å². The third kappa shape index (κ3) is 2.60. The summed E-state index contributed by atoms with van der Waals surface area (Å²) >= 11 is 0. The molecule has 0 aliphatic carbocycles. The van der Waals surface area contributed by atoms with Gasteiger partial charge in [0.25, 0.3) is 0 Å². The number of pyridine rings is 1. The Morgan fingerprint density at radius 1 is 1.06 bits per heavy atom. The Morgan fingerprint density at radius 3 is 2.62 bits per heavy atom. The Bertz CT molecular complexity index is 439. The monoisotopic (exact) mass is 213 g/mol. The lowest BCUT2D eigenvalue weighted by Gasteiger charge is -2.08. The lowest BCUT2D eigenvalue weighted by atomic mass is 10.1. The van der Waals surface area contributed by atoms with E-state index in [1.807, 2.05) is 36.4 Å². The molecule has 0 bridgehead atoms. The van der Waals surface area contributed by atoms with Crippen molar-refractivity contribution < 1.29 is 4.74 Å².